The lowest BCUT2D eigenvalue weighted by atomic mass is 10.0. The highest BCUT2D eigenvalue weighted by Crippen LogP contribution is 2.30. The van der Waals surface area contributed by atoms with Crippen molar-refractivity contribution in [2.24, 2.45) is 4.99 Å². The Kier molecular flexibility index (Phi) is 3.96. The summed E-state index contributed by atoms with van der Waals surface area (Å²) in [7, 11) is 0. The molecule has 2 atom stereocenters. The van der Waals surface area contributed by atoms with Gasteiger partial charge in [0.25, 0.3) is 0 Å². The van der Waals surface area contributed by atoms with E-state index in [4.69, 9.17) is 9.47 Å². The molecule has 6 heteroatoms. The molecular formula is C12H11BrFNO3. The van der Waals surface area contributed by atoms with Crippen molar-refractivity contribution in [2.45, 2.75) is 19.1 Å². The van der Waals surface area contributed by atoms with E-state index in [1.165, 1.54) is 6.07 Å². The molecule has 2 rings (SSSR count). The summed E-state index contributed by atoms with van der Waals surface area (Å²) in [6.45, 7) is 1.95. The SMILES string of the molecule is CCOC(=O)C1N=COC1c1ccc(Br)cc1F. The normalized spacial score (nSPS) is 21.7. The zero-order valence-electron chi connectivity index (χ0n) is 9.60. The molecule has 0 aliphatic carbocycles. The molecular weight excluding hydrogens is 305 g/mol. The average Bonchev–Trinajstić information content (AvgIpc) is 2.78. The molecule has 0 spiro atoms. The molecule has 0 N–H and O–H groups in total. The topological polar surface area (TPSA) is 47.9 Å². The summed E-state index contributed by atoms with van der Waals surface area (Å²) in [5.74, 6) is -0.965. The van der Waals surface area contributed by atoms with Crippen LogP contribution in [0.4, 0.5) is 4.39 Å². The van der Waals surface area contributed by atoms with Gasteiger partial charge >= 0.3 is 5.97 Å². The van der Waals surface area contributed by atoms with Crippen LogP contribution in [0.5, 0.6) is 0 Å². The fraction of sp³-hybridized carbons (Fsp3) is 0.333. The number of aliphatic imine (C=N–C) groups is 1. The summed E-state index contributed by atoms with van der Waals surface area (Å²) in [6, 6.07) is 3.72. The number of carbonyl (C=O) groups is 1. The van der Waals surface area contributed by atoms with Gasteiger partial charge < -0.3 is 9.47 Å². The number of nitrogens with zero attached hydrogens (tertiary/aromatic N) is 1. The van der Waals surface area contributed by atoms with E-state index in [0.717, 1.165) is 6.40 Å². The predicted molar refractivity (Wildman–Crippen MR) is 66.8 cm³/mol. The van der Waals surface area contributed by atoms with Gasteiger partial charge in [0.2, 0.25) is 0 Å². The van der Waals surface area contributed by atoms with Gasteiger partial charge in [-0.05, 0) is 19.1 Å². The molecule has 1 aromatic carbocycles. The monoisotopic (exact) mass is 315 g/mol. The van der Waals surface area contributed by atoms with E-state index >= 15 is 0 Å². The van der Waals surface area contributed by atoms with Gasteiger partial charge in [-0.25, -0.2) is 14.2 Å². The first-order valence-corrected chi connectivity index (χ1v) is 6.21. The first kappa shape index (κ1) is 13.0. The van der Waals surface area contributed by atoms with Crippen molar-refractivity contribution in [1.29, 1.82) is 0 Å². The largest absolute Gasteiger partial charge is 0.473 e. The lowest BCUT2D eigenvalue weighted by Crippen LogP contribution is -2.26. The second kappa shape index (κ2) is 5.48. The second-order valence-electron chi connectivity index (χ2n) is 3.67. The number of benzene rings is 1. The number of rotatable bonds is 3. The highest BCUT2D eigenvalue weighted by molar-refractivity contribution is 9.10. The van der Waals surface area contributed by atoms with Crippen molar-refractivity contribution < 1.29 is 18.7 Å². The Morgan fingerprint density at radius 1 is 1.61 bits per heavy atom. The molecule has 1 aliphatic heterocycles. The minimum absolute atomic E-state index is 0.250. The number of ether oxygens (including phenoxy) is 2. The van der Waals surface area contributed by atoms with Crippen LogP contribution in [-0.4, -0.2) is 25.0 Å². The van der Waals surface area contributed by atoms with Gasteiger partial charge in [-0.1, -0.05) is 22.0 Å². The number of hydrogen-bond acceptors (Lipinski definition) is 4. The third-order valence-electron chi connectivity index (χ3n) is 2.51. The maximum Gasteiger partial charge on any atom is 0.335 e. The van der Waals surface area contributed by atoms with Gasteiger partial charge in [0, 0.05) is 10.0 Å². The Morgan fingerprint density at radius 3 is 3.06 bits per heavy atom. The van der Waals surface area contributed by atoms with Crippen LogP contribution in [-0.2, 0) is 14.3 Å². The molecule has 1 aliphatic rings. The first-order chi connectivity index (χ1) is 8.63. The molecule has 96 valence electrons. The molecule has 0 fully saturated rings. The van der Waals surface area contributed by atoms with Gasteiger partial charge in [0.1, 0.15) is 5.82 Å². The van der Waals surface area contributed by atoms with Crippen LogP contribution >= 0.6 is 15.9 Å². The van der Waals surface area contributed by atoms with Crippen LogP contribution in [0, 0.1) is 5.82 Å². The van der Waals surface area contributed by atoms with E-state index in [2.05, 4.69) is 20.9 Å². The van der Waals surface area contributed by atoms with E-state index < -0.39 is 23.9 Å². The maximum absolute atomic E-state index is 13.8. The summed E-state index contributed by atoms with van der Waals surface area (Å²) in [6.07, 6.45) is 0.394. The summed E-state index contributed by atoms with van der Waals surface area (Å²) in [5.41, 5.74) is 0.286. The smallest absolute Gasteiger partial charge is 0.335 e. The molecule has 0 saturated heterocycles. The Labute approximate surface area is 112 Å². The predicted octanol–water partition coefficient (Wildman–Crippen LogP) is 2.62. The van der Waals surface area contributed by atoms with Crippen molar-refractivity contribution in [3.63, 3.8) is 0 Å². The highest BCUT2D eigenvalue weighted by Gasteiger charge is 2.36. The summed E-state index contributed by atoms with van der Waals surface area (Å²) in [5, 5.41) is 0. The van der Waals surface area contributed by atoms with Crippen molar-refractivity contribution in [3.05, 3.63) is 34.1 Å². The number of hydrogen-bond donors (Lipinski definition) is 0. The second-order valence-corrected chi connectivity index (χ2v) is 4.59. The van der Waals surface area contributed by atoms with Crippen LogP contribution < -0.4 is 0 Å². The summed E-state index contributed by atoms with van der Waals surface area (Å²) >= 11 is 3.17. The number of carbonyl (C=O) groups excluding carboxylic acids is 1. The van der Waals surface area contributed by atoms with Gasteiger partial charge in [0.15, 0.2) is 18.5 Å². The first-order valence-electron chi connectivity index (χ1n) is 5.42. The summed E-state index contributed by atoms with van der Waals surface area (Å²) in [4.78, 5) is 15.5. The van der Waals surface area contributed by atoms with Crippen LogP contribution in [0.2, 0.25) is 0 Å². The van der Waals surface area contributed by atoms with Gasteiger partial charge in [-0.2, -0.15) is 0 Å². The van der Waals surface area contributed by atoms with E-state index in [-0.39, 0.29) is 12.2 Å². The Morgan fingerprint density at radius 2 is 2.39 bits per heavy atom. The maximum atomic E-state index is 13.8. The minimum atomic E-state index is -0.847. The molecule has 0 aromatic heterocycles. The molecule has 0 saturated carbocycles. The van der Waals surface area contributed by atoms with E-state index in [1.54, 1.807) is 19.1 Å². The van der Waals surface area contributed by atoms with Crippen molar-refractivity contribution >= 4 is 28.3 Å². The zero-order valence-corrected chi connectivity index (χ0v) is 11.2. The van der Waals surface area contributed by atoms with Crippen molar-refractivity contribution in [3.8, 4) is 0 Å². The van der Waals surface area contributed by atoms with E-state index in [1.807, 2.05) is 0 Å². The Hall–Kier alpha value is -1.43. The number of esters is 1. The van der Waals surface area contributed by atoms with Gasteiger partial charge in [-0.15, -0.1) is 0 Å². The number of halogens is 2. The standard InChI is InChI=1S/C12H11BrFNO3/c1-2-17-12(16)10-11(18-6-15-10)8-4-3-7(13)5-9(8)14/h3-6,10-11H,2H2,1H3. The van der Waals surface area contributed by atoms with Gasteiger partial charge in [-0.3, -0.25) is 0 Å². The Balaban J connectivity index is 2.24. The third-order valence-corrected chi connectivity index (χ3v) is 3.01. The van der Waals surface area contributed by atoms with Crippen LogP contribution in [0.25, 0.3) is 0 Å². The summed E-state index contributed by atoms with van der Waals surface area (Å²) < 4.78 is 24.5. The van der Waals surface area contributed by atoms with E-state index in [9.17, 15) is 9.18 Å². The van der Waals surface area contributed by atoms with E-state index in [0.29, 0.717) is 4.47 Å². The van der Waals surface area contributed by atoms with Crippen molar-refractivity contribution in [2.75, 3.05) is 6.61 Å². The van der Waals surface area contributed by atoms with Crippen LogP contribution in [0.3, 0.4) is 0 Å². The molecule has 4 nitrogen and oxygen atoms in total. The van der Waals surface area contributed by atoms with Crippen LogP contribution in [0.15, 0.2) is 27.7 Å². The molecule has 18 heavy (non-hydrogen) atoms. The van der Waals surface area contributed by atoms with Crippen molar-refractivity contribution in [1.82, 2.24) is 0 Å². The quantitative estimate of drug-likeness (QED) is 0.806. The molecule has 0 radical (unpaired) electrons. The van der Waals surface area contributed by atoms with Gasteiger partial charge in [0.05, 0.1) is 6.61 Å². The Bertz CT molecular complexity index is 492. The molecule has 0 bridgehead atoms. The molecule has 1 heterocycles. The fourth-order valence-corrected chi connectivity index (χ4v) is 2.04. The third kappa shape index (κ3) is 2.53. The fourth-order valence-electron chi connectivity index (χ4n) is 1.71. The minimum Gasteiger partial charge on any atom is -0.473 e. The lowest BCUT2D eigenvalue weighted by Gasteiger charge is -2.17. The van der Waals surface area contributed by atoms with Crippen LogP contribution in [0.1, 0.15) is 18.6 Å². The average molecular weight is 316 g/mol. The zero-order chi connectivity index (χ0) is 13.1. The molecule has 1 aromatic rings. The lowest BCUT2D eigenvalue weighted by molar-refractivity contribution is -0.146. The molecule has 0 amide bonds. The highest BCUT2D eigenvalue weighted by atomic mass is 79.9. The molecule has 2 unspecified atom stereocenters.